The van der Waals surface area contributed by atoms with Gasteiger partial charge in [-0.15, -0.1) is 0 Å². The van der Waals surface area contributed by atoms with Crippen molar-refractivity contribution in [3.05, 3.63) is 18.5 Å². The lowest BCUT2D eigenvalue weighted by Gasteiger charge is -2.39. The van der Waals surface area contributed by atoms with Crippen LogP contribution in [0.1, 0.15) is 38.5 Å². The van der Waals surface area contributed by atoms with Crippen LogP contribution in [0, 0.1) is 11.8 Å². The van der Waals surface area contributed by atoms with Crippen molar-refractivity contribution in [3.8, 4) is 0 Å². The molecule has 0 radical (unpaired) electrons. The molecular weight excluding hydrogens is 276 g/mol. The summed E-state index contributed by atoms with van der Waals surface area (Å²) < 4.78 is 1.93. The van der Waals surface area contributed by atoms with Crippen molar-refractivity contribution in [1.82, 2.24) is 20.0 Å². The number of nitrogens with one attached hydrogen (secondary N) is 1. The van der Waals surface area contributed by atoms with Crippen molar-refractivity contribution >= 4 is 5.91 Å². The molecule has 1 saturated carbocycles. The second kappa shape index (κ2) is 5.69. The molecule has 22 heavy (non-hydrogen) atoms. The fourth-order valence-electron chi connectivity index (χ4n) is 4.77. The van der Waals surface area contributed by atoms with Gasteiger partial charge in [-0.2, -0.15) is 5.10 Å². The number of aromatic nitrogens is 2. The molecule has 0 bridgehead atoms. The van der Waals surface area contributed by atoms with E-state index in [-0.39, 0.29) is 0 Å². The molecule has 1 aromatic rings. The average Bonchev–Trinajstić information content (AvgIpc) is 3.24. The number of amides is 1. The lowest BCUT2D eigenvalue weighted by Crippen LogP contribution is -2.55. The number of rotatable bonds is 2. The van der Waals surface area contributed by atoms with Crippen molar-refractivity contribution < 1.29 is 4.79 Å². The third-order valence-electron chi connectivity index (χ3n) is 6.04. The molecule has 5 nitrogen and oxygen atoms in total. The maximum atomic E-state index is 13.4. The highest BCUT2D eigenvalue weighted by molar-refractivity contribution is 5.85. The third-order valence-corrected chi connectivity index (χ3v) is 6.04. The van der Waals surface area contributed by atoms with Gasteiger partial charge in [-0.05, 0) is 56.7 Å². The van der Waals surface area contributed by atoms with E-state index < -0.39 is 5.54 Å². The maximum absolute atomic E-state index is 13.4. The first-order chi connectivity index (χ1) is 10.8. The minimum atomic E-state index is -0.456. The molecular formula is C17H26N4O. The zero-order chi connectivity index (χ0) is 15.0. The summed E-state index contributed by atoms with van der Waals surface area (Å²) >= 11 is 0. The first-order valence-electron chi connectivity index (χ1n) is 8.80. The van der Waals surface area contributed by atoms with E-state index in [4.69, 9.17) is 0 Å². The van der Waals surface area contributed by atoms with Crippen LogP contribution in [0.25, 0.3) is 0 Å². The first kappa shape index (κ1) is 14.2. The Balaban J connectivity index is 1.59. The van der Waals surface area contributed by atoms with Crippen molar-refractivity contribution in [2.45, 2.75) is 44.1 Å². The molecule has 5 heteroatoms. The Labute approximate surface area is 132 Å². The molecule has 2 atom stereocenters. The van der Waals surface area contributed by atoms with Gasteiger partial charge in [0.25, 0.3) is 5.91 Å². The minimum Gasteiger partial charge on any atom is -0.340 e. The summed E-state index contributed by atoms with van der Waals surface area (Å²) in [5, 5.41) is 7.82. The summed E-state index contributed by atoms with van der Waals surface area (Å²) in [7, 11) is 0. The molecule has 0 spiro atoms. The second-order valence-electron chi connectivity index (χ2n) is 7.25. The molecule has 3 aliphatic rings. The van der Waals surface area contributed by atoms with Crippen LogP contribution in [0.4, 0.5) is 0 Å². The first-order valence-corrected chi connectivity index (χ1v) is 8.80. The summed E-state index contributed by atoms with van der Waals surface area (Å²) in [5.74, 6) is 1.80. The quantitative estimate of drug-likeness (QED) is 0.903. The number of hydrogen-bond donors (Lipinski definition) is 1. The summed E-state index contributed by atoms with van der Waals surface area (Å²) in [5.41, 5.74) is -0.456. The molecule has 2 saturated heterocycles. The Bertz CT molecular complexity index is 507. The van der Waals surface area contributed by atoms with Gasteiger partial charge in [0.2, 0.25) is 0 Å². The van der Waals surface area contributed by atoms with Gasteiger partial charge in [0.15, 0.2) is 0 Å². The highest BCUT2D eigenvalue weighted by Gasteiger charge is 2.47. The summed E-state index contributed by atoms with van der Waals surface area (Å²) in [4.78, 5) is 15.6. The molecule has 3 heterocycles. The monoisotopic (exact) mass is 302 g/mol. The SMILES string of the molecule is O=C(N1CC2CCCCC2C1)C1(n2cccn2)CCNCC1. The Morgan fingerprint density at radius 2 is 1.82 bits per heavy atom. The van der Waals surface area contributed by atoms with Crippen LogP contribution in [0.5, 0.6) is 0 Å². The standard InChI is InChI=1S/C17H26N4O/c22-16(20-12-14-4-1-2-5-15(14)13-20)17(6-9-18-10-7-17)21-11-3-8-19-21/h3,8,11,14-15,18H,1-2,4-7,9-10,12-13H2. The smallest absolute Gasteiger partial charge is 0.250 e. The van der Waals surface area contributed by atoms with E-state index in [0.717, 1.165) is 50.9 Å². The number of carbonyl (C=O) groups is 1. The van der Waals surface area contributed by atoms with E-state index in [1.807, 2.05) is 16.9 Å². The molecule has 1 amide bonds. The summed E-state index contributed by atoms with van der Waals surface area (Å²) in [6.45, 7) is 3.73. The largest absolute Gasteiger partial charge is 0.340 e. The molecule has 1 aliphatic carbocycles. The van der Waals surface area contributed by atoms with E-state index in [2.05, 4.69) is 15.3 Å². The molecule has 120 valence electrons. The maximum Gasteiger partial charge on any atom is 0.250 e. The predicted molar refractivity (Wildman–Crippen MR) is 84.3 cm³/mol. The van der Waals surface area contributed by atoms with Gasteiger partial charge < -0.3 is 10.2 Å². The van der Waals surface area contributed by atoms with Gasteiger partial charge in [-0.1, -0.05) is 12.8 Å². The number of likely N-dealkylation sites (tertiary alicyclic amines) is 1. The number of carbonyl (C=O) groups excluding carboxylic acids is 1. The van der Waals surface area contributed by atoms with Crippen LogP contribution in [0.3, 0.4) is 0 Å². The Kier molecular flexibility index (Phi) is 3.68. The van der Waals surface area contributed by atoms with Crippen molar-refractivity contribution in [2.24, 2.45) is 11.8 Å². The lowest BCUT2D eigenvalue weighted by atomic mass is 9.82. The molecule has 2 unspecified atom stereocenters. The lowest BCUT2D eigenvalue weighted by molar-refractivity contribution is -0.142. The van der Waals surface area contributed by atoms with E-state index in [1.54, 1.807) is 6.20 Å². The van der Waals surface area contributed by atoms with E-state index in [1.165, 1.54) is 25.7 Å². The van der Waals surface area contributed by atoms with Gasteiger partial charge in [0.05, 0.1) is 0 Å². The van der Waals surface area contributed by atoms with Gasteiger partial charge in [0, 0.05) is 25.5 Å². The number of hydrogen-bond acceptors (Lipinski definition) is 3. The summed E-state index contributed by atoms with van der Waals surface area (Å²) in [6.07, 6.45) is 10.8. The molecule has 1 N–H and O–H groups in total. The van der Waals surface area contributed by atoms with Crippen molar-refractivity contribution in [3.63, 3.8) is 0 Å². The Hall–Kier alpha value is -1.36. The zero-order valence-corrected chi connectivity index (χ0v) is 13.2. The molecule has 2 aliphatic heterocycles. The number of nitrogens with zero attached hydrogens (tertiary/aromatic N) is 3. The van der Waals surface area contributed by atoms with Crippen LogP contribution in [-0.4, -0.2) is 46.8 Å². The Morgan fingerprint density at radius 3 is 2.41 bits per heavy atom. The topological polar surface area (TPSA) is 50.2 Å². The second-order valence-corrected chi connectivity index (χ2v) is 7.25. The van der Waals surface area contributed by atoms with Crippen LogP contribution in [0.15, 0.2) is 18.5 Å². The molecule has 3 fully saturated rings. The highest BCUT2D eigenvalue weighted by Crippen LogP contribution is 2.39. The van der Waals surface area contributed by atoms with Crippen LogP contribution >= 0.6 is 0 Å². The van der Waals surface area contributed by atoms with Gasteiger partial charge >= 0.3 is 0 Å². The minimum absolute atomic E-state index is 0.312. The third kappa shape index (κ3) is 2.26. The zero-order valence-electron chi connectivity index (χ0n) is 13.2. The molecule has 0 aromatic carbocycles. The molecule has 1 aromatic heterocycles. The number of piperidine rings is 1. The van der Waals surface area contributed by atoms with Gasteiger partial charge in [-0.3, -0.25) is 9.48 Å². The van der Waals surface area contributed by atoms with E-state index in [9.17, 15) is 4.79 Å². The van der Waals surface area contributed by atoms with Crippen LogP contribution < -0.4 is 5.32 Å². The Morgan fingerprint density at radius 1 is 1.14 bits per heavy atom. The fraction of sp³-hybridized carbons (Fsp3) is 0.765. The van der Waals surface area contributed by atoms with Gasteiger partial charge in [0.1, 0.15) is 5.54 Å². The molecule has 4 rings (SSSR count). The number of fused-ring (bicyclic) bond motifs is 1. The van der Waals surface area contributed by atoms with Gasteiger partial charge in [-0.25, -0.2) is 0 Å². The normalized spacial score (nSPS) is 31.0. The van der Waals surface area contributed by atoms with Crippen LogP contribution in [0.2, 0.25) is 0 Å². The van der Waals surface area contributed by atoms with E-state index in [0.29, 0.717) is 5.91 Å². The van der Waals surface area contributed by atoms with E-state index >= 15 is 0 Å². The summed E-state index contributed by atoms with van der Waals surface area (Å²) in [6, 6.07) is 1.93. The fourth-order valence-corrected chi connectivity index (χ4v) is 4.77. The highest BCUT2D eigenvalue weighted by atomic mass is 16.2. The van der Waals surface area contributed by atoms with Crippen molar-refractivity contribution in [2.75, 3.05) is 26.2 Å². The predicted octanol–water partition coefficient (Wildman–Crippen LogP) is 1.61. The van der Waals surface area contributed by atoms with Crippen LogP contribution in [-0.2, 0) is 10.3 Å². The van der Waals surface area contributed by atoms with Crippen molar-refractivity contribution in [1.29, 1.82) is 0 Å². The average molecular weight is 302 g/mol.